The Morgan fingerprint density at radius 3 is 2.63 bits per heavy atom. The van der Waals surface area contributed by atoms with Gasteiger partial charge in [0.2, 0.25) is 11.8 Å². The van der Waals surface area contributed by atoms with Crippen molar-refractivity contribution >= 4 is 52.2 Å². The van der Waals surface area contributed by atoms with E-state index in [-0.39, 0.29) is 30.4 Å². The van der Waals surface area contributed by atoms with Gasteiger partial charge in [-0.15, -0.1) is 0 Å². The van der Waals surface area contributed by atoms with Gasteiger partial charge in [-0.05, 0) is 63.0 Å². The van der Waals surface area contributed by atoms with Crippen LogP contribution in [-0.2, 0) is 27.1 Å². The van der Waals surface area contributed by atoms with E-state index in [1.54, 1.807) is 36.2 Å². The molecular formula is C35H36ClF3N6O4. The molecule has 1 fully saturated rings. The lowest BCUT2D eigenvalue weighted by Crippen LogP contribution is -2.52. The molecule has 1 aromatic heterocycles. The highest BCUT2D eigenvalue weighted by atomic mass is 35.5. The van der Waals surface area contributed by atoms with Gasteiger partial charge < -0.3 is 24.3 Å². The number of hydrogen-bond donors (Lipinski definition) is 0. The number of carbonyl (C=O) groups is 3. The summed E-state index contributed by atoms with van der Waals surface area (Å²) in [6.45, 7) is 3.26. The number of rotatable bonds is 6. The molecule has 0 radical (unpaired) electrons. The molecule has 14 heteroatoms. The second kappa shape index (κ2) is 13.4. The van der Waals surface area contributed by atoms with Gasteiger partial charge in [-0.2, -0.15) is 13.2 Å². The number of ether oxygens (including phenoxy) is 1. The van der Waals surface area contributed by atoms with Crippen LogP contribution in [0.25, 0.3) is 0 Å². The summed E-state index contributed by atoms with van der Waals surface area (Å²) < 4.78 is 47.3. The van der Waals surface area contributed by atoms with Gasteiger partial charge in [0.15, 0.2) is 0 Å². The van der Waals surface area contributed by atoms with Gasteiger partial charge >= 0.3 is 6.18 Å². The van der Waals surface area contributed by atoms with Crippen molar-refractivity contribution in [1.29, 1.82) is 0 Å². The zero-order valence-corrected chi connectivity index (χ0v) is 28.3. The first kappa shape index (κ1) is 34.3. The highest BCUT2D eigenvalue weighted by molar-refractivity contribution is 6.34. The Bertz CT molecular complexity index is 1830. The Labute approximate surface area is 287 Å². The number of para-hydroxylation sites is 1. The van der Waals surface area contributed by atoms with Gasteiger partial charge in [0.05, 0.1) is 34.2 Å². The normalized spacial score (nSPS) is 19.5. The number of benzene rings is 2. The third kappa shape index (κ3) is 6.82. The lowest BCUT2D eigenvalue weighted by molar-refractivity contribution is -0.137. The molecular weight excluding hydrogens is 661 g/mol. The second-order valence-corrected chi connectivity index (χ2v) is 13.1. The Morgan fingerprint density at radius 1 is 1.12 bits per heavy atom. The fourth-order valence-corrected chi connectivity index (χ4v) is 6.96. The zero-order valence-electron chi connectivity index (χ0n) is 27.5. The molecule has 0 spiro atoms. The maximum absolute atomic E-state index is 14.1. The summed E-state index contributed by atoms with van der Waals surface area (Å²) >= 11 is 6.79. The maximum atomic E-state index is 14.1. The number of hydrogen-bond acceptors (Lipinski definition) is 7. The van der Waals surface area contributed by atoms with Crippen molar-refractivity contribution in [3.63, 3.8) is 0 Å². The van der Waals surface area contributed by atoms with E-state index < -0.39 is 35.5 Å². The number of aryl methyl sites for hydroxylation is 1. The molecule has 4 heterocycles. The summed E-state index contributed by atoms with van der Waals surface area (Å²) in [5.41, 5.74) is 1.66. The van der Waals surface area contributed by atoms with E-state index in [1.165, 1.54) is 11.8 Å². The minimum Gasteiger partial charge on any atom is -0.490 e. The summed E-state index contributed by atoms with van der Waals surface area (Å²) in [5, 5.41) is 0.391. The van der Waals surface area contributed by atoms with Crippen molar-refractivity contribution in [2.75, 3.05) is 67.0 Å². The average Bonchev–Trinajstić information content (AvgIpc) is 3.36. The Balaban J connectivity index is 1.35. The minimum atomic E-state index is -4.66. The quantitative estimate of drug-likeness (QED) is 0.323. The molecule has 2 atom stereocenters. The van der Waals surface area contributed by atoms with Crippen LogP contribution in [0.1, 0.15) is 23.2 Å². The molecule has 1 saturated heterocycles. The summed E-state index contributed by atoms with van der Waals surface area (Å²) in [6, 6.07) is 11.4. The van der Waals surface area contributed by atoms with Crippen LogP contribution in [0.5, 0.6) is 5.75 Å². The van der Waals surface area contributed by atoms with Crippen LogP contribution < -0.4 is 24.3 Å². The van der Waals surface area contributed by atoms with Gasteiger partial charge in [0, 0.05) is 50.8 Å². The summed E-state index contributed by atoms with van der Waals surface area (Å²) in [7, 11) is 5.40. The Morgan fingerprint density at radius 2 is 1.90 bits per heavy atom. The van der Waals surface area contributed by atoms with E-state index in [1.807, 2.05) is 48.2 Å². The maximum Gasteiger partial charge on any atom is 0.416 e. The number of carbonyl (C=O) groups excluding carboxylic acids is 3. The van der Waals surface area contributed by atoms with Crippen LogP contribution in [-0.4, -0.2) is 81.0 Å². The van der Waals surface area contributed by atoms with E-state index in [0.717, 1.165) is 22.6 Å². The number of amides is 3. The molecule has 0 bridgehead atoms. The fraction of sp³-hybridized carbons (Fsp3) is 0.371. The van der Waals surface area contributed by atoms with Gasteiger partial charge in [-0.1, -0.05) is 29.8 Å². The first-order valence-corrected chi connectivity index (χ1v) is 16.2. The lowest BCUT2D eigenvalue weighted by atomic mass is 9.95. The van der Waals surface area contributed by atoms with Gasteiger partial charge in [-0.3, -0.25) is 19.3 Å². The predicted octanol–water partition coefficient (Wildman–Crippen LogP) is 5.31. The predicted molar refractivity (Wildman–Crippen MR) is 181 cm³/mol. The summed E-state index contributed by atoms with van der Waals surface area (Å²) in [6.07, 6.45) is -1.38. The molecule has 0 N–H and O–H groups in total. The second-order valence-electron chi connectivity index (χ2n) is 12.7. The molecule has 3 aliphatic rings. The van der Waals surface area contributed by atoms with Crippen molar-refractivity contribution in [3.8, 4) is 5.75 Å². The molecule has 6 rings (SSSR count). The van der Waals surface area contributed by atoms with E-state index >= 15 is 0 Å². The fourth-order valence-electron chi connectivity index (χ4n) is 6.67. The number of fused-ring (bicyclic) bond motifs is 3. The van der Waals surface area contributed by atoms with Crippen LogP contribution in [0.4, 0.5) is 36.1 Å². The number of pyridine rings is 1. The molecule has 0 aliphatic carbocycles. The van der Waals surface area contributed by atoms with Crippen molar-refractivity contribution in [2.24, 2.45) is 5.92 Å². The smallest absolute Gasteiger partial charge is 0.416 e. The first-order valence-electron chi connectivity index (χ1n) is 15.8. The topological polar surface area (TPSA) is 89.5 Å². The highest BCUT2D eigenvalue weighted by Gasteiger charge is 2.49. The summed E-state index contributed by atoms with van der Waals surface area (Å²) in [4.78, 5) is 53.1. The third-order valence-electron chi connectivity index (χ3n) is 8.88. The number of nitrogens with zero attached hydrogens (tertiary/aromatic N) is 6. The Kier molecular flexibility index (Phi) is 9.34. The molecule has 2 aromatic carbocycles. The van der Waals surface area contributed by atoms with E-state index in [4.69, 9.17) is 16.3 Å². The SMILES string of the molecule is Cc1cc(C(F)(F)F)cc(N2C(=O)C[C@@H]3CN(Cc4ccc5c(c4)OCCN5C(=O)/C=C/CN(C)C)c4c(Cl)cccc4N(C)C(=O)[C@H]32)n1. The van der Waals surface area contributed by atoms with Gasteiger partial charge in [-0.25, -0.2) is 4.98 Å². The number of likely N-dealkylation sites (N-methyl/N-ethyl adjacent to an activating group) is 2. The third-order valence-corrected chi connectivity index (χ3v) is 9.19. The van der Waals surface area contributed by atoms with Crippen LogP contribution in [0.2, 0.25) is 5.02 Å². The highest BCUT2D eigenvalue weighted by Crippen LogP contribution is 2.44. The number of anilines is 4. The Hall–Kier alpha value is -4.62. The molecule has 0 saturated carbocycles. The average molecular weight is 697 g/mol. The molecule has 3 aliphatic heterocycles. The van der Waals surface area contributed by atoms with Crippen molar-refractivity contribution in [1.82, 2.24) is 9.88 Å². The molecule has 49 heavy (non-hydrogen) atoms. The number of aromatic nitrogens is 1. The first-order chi connectivity index (χ1) is 23.2. The van der Waals surface area contributed by atoms with Crippen molar-refractivity contribution < 1.29 is 32.3 Å². The van der Waals surface area contributed by atoms with Crippen LogP contribution >= 0.6 is 11.6 Å². The molecule has 0 unspecified atom stereocenters. The van der Waals surface area contributed by atoms with Gasteiger partial charge in [0.1, 0.15) is 24.2 Å². The largest absolute Gasteiger partial charge is 0.490 e. The molecule has 10 nitrogen and oxygen atoms in total. The van der Waals surface area contributed by atoms with Crippen molar-refractivity contribution in [2.45, 2.75) is 32.1 Å². The molecule has 258 valence electrons. The lowest BCUT2D eigenvalue weighted by Gasteiger charge is -2.39. The molecule has 3 amide bonds. The van der Waals surface area contributed by atoms with Gasteiger partial charge in [0.25, 0.3) is 5.91 Å². The number of halogens is 4. The van der Waals surface area contributed by atoms with Crippen molar-refractivity contribution in [3.05, 3.63) is 82.5 Å². The van der Waals surface area contributed by atoms with Crippen LogP contribution in [0.3, 0.4) is 0 Å². The van der Waals surface area contributed by atoms with E-state index in [2.05, 4.69) is 4.98 Å². The molecule has 3 aromatic rings. The zero-order chi connectivity index (χ0) is 35.2. The monoisotopic (exact) mass is 696 g/mol. The standard InChI is InChI=1S/C35H36ClF3N6O4/c1-21-15-24(35(37,38)39)18-29(40-21)45-31(47)17-23-20-43(33-25(36)7-5-8-27(33)42(4)34(48)32(23)45)19-22-10-11-26-28(16-22)49-14-13-44(26)30(46)9-6-12-41(2)3/h5-11,15-16,18,23,32H,12-14,17,19-20H2,1-4H3/b9-6+/t23-,32+/m1/s1. The number of alkyl halides is 3. The van der Waals surface area contributed by atoms with E-state index in [9.17, 15) is 27.6 Å². The van der Waals surface area contributed by atoms with E-state index in [0.29, 0.717) is 54.1 Å². The van der Waals surface area contributed by atoms with Crippen LogP contribution in [0.15, 0.2) is 60.7 Å². The minimum absolute atomic E-state index is 0.0750. The van der Waals surface area contributed by atoms with Crippen LogP contribution in [0, 0.1) is 12.8 Å². The summed E-state index contributed by atoms with van der Waals surface area (Å²) in [5.74, 6) is -1.37.